The first kappa shape index (κ1) is 20.0. The van der Waals surface area contributed by atoms with Crippen molar-refractivity contribution in [2.75, 3.05) is 0 Å². The number of carbonyl (C=O) groups excluding carboxylic acids is 1. The fourth-order valence-corrected chi connectivity index (χ4v) is 3.57. The summed E-state index contributed by atoms with van der Waals surface area (Å²) < 4.78 is 0. The van der Waals surface area contributed by atoms with Gasteiger partial charge in [-0.05, 0) is 67.6 Å². The lowest BCUT2D eigenvalue weighted by molar-refractivity contribution is -0.281. The molecule has 0 amide bonds. The monoisotopic (exact) mass is 346 g/mol. The molecule has 1 fully saturated rings. The summed E-state index contributed by atoms with van der Waals surface area (Å²) in [6.07, 6.45) is 8.97. The molecule has 3 heteroatoms. The SMILES string of the molecule is CCCCCc1ccc(C(=O)OOC2CCC(C(C)(C)C)CC2)cc1. The van der Waals surface area contributed by atoms with E-state index in [1.54, 1.807) is 0 Å². The Morgan fingerprint density at radius 3 is 2.24 bits per heavy atom. The van der Waals surface area contributed by atoms with E-state index in [0.29, 0.717) is 11.0 Å². The average Bonchev–Trinajstić information content (AvgIpc) is 2.60. The third-order valence-electron chi connectivity index (χ3n) is 5.42. The van der Waals surface area contributed by atoms with Gasteiger partial charge in [-0.15, -0.1) is 0 Å². The fourth-order valence-electron chi connectivity index (χ4n) is 3.57. The number of benzene rings is 1. The average molecular weight is 347 g/mol. The van der Waals surface area contributed by atoms with E-state index in [4.69, 9.17) is 9.78 Å². The zero-order valence-corrected chi connectivity index (χ0v) is 16.3. The maximum Gasteiger partial charge on any atom is 0.373 e. The number of hydrogen-bond acceptors (Lipinski definition) is 3. The summed E-state index contributed by atoms with van der Waals surface area (Å²) in [6.45, 7) is 9.09. The topological polar surface area (TPSA) is 35.5 Å². The molecular weight excluding hydrogens is 312 g/mol. The van der Waals surface area contributed by atoms with Crippen molar-refractivity contribution in [2.45, 2.75) is 85.2 Å². The Bertz CT molecular complexity index is 519. The zero-order chi connectivity index (χ0) is 18.3. The molecule has 0 spiro atoms. The van der Waals surface area contributed by atoms with Gasteiger partial charge in [-0.3, -0.25) is 4.89 Å². The summed E-state index contributed by atoms with van der Waals surface area (Å²) in [5.74, 6) is 0.335. The van der Waals surface area contributed by atoms with Gasteiger partial charge in [0.15, 0.2) is 0 Å². The van der Waals surface area contributed by atoms with Crippen LogP contribution in [0.4, 0.5) is 0 Å². The highest BCUT2D eigenvalue weighted by Gasteiger charge is 2.31. The lowest BCUT2D eigenvalue weighted by Crippen LogP contribution is -2.29. The first-order valence-electron chi connectivity index (χ1n) is 9.86. The number of rotatable bonds is 7. The Morgan fingerprint density at radius 2 is 1.68 bits per heavy atom. The van der Waals surface area contributed by atoms with Crippen molar-refractivity contribution in [3.8, 4) is 0 Å². The first-order chi connectivity index (χ1) is 11.9. The molecule has 0 radical (unpaired) electrons. The second kappa shape index (κ2) is 9.38. The number of aryl methyl sites for hydroxylation is 1. The predicted octanol–water partition coefficient (Wildman–Crippen LogP) is 6.11. The summed E-state index contributed by atoms with van der Waals surface area (Å²) >= 11 is 0. The van der Waals surface area contributed by atoms with Crippen molar-refractivity contribution in [1.82, 2.24) is 0 Å². The van der Waals surface area contributed by atoms with Gasteiger partial charge in [-0.25, -0.2) is 4.79 Å². The van der Waals surface area contributed by atoms with Gasteiger partial charge < -0.3 is 0 Å². The van der Waals surface area contributed by atoms with E-state index in [1.165, 1.54) is 24.8 Å². The first-order valence-corrected chi connectivity index (χ1v) is 9.86. The number of carbonyl (C=O) groups is 1. The molecular formula is C22H34O3. The Hall–Kier alpha value is -1.35. The van der Waals surface area contributed by atoms with Crippen LogP contribution in [0.25, 0.3) is 0 Å². The van der Waals surface area contributed by atoms with E-state index >= 15 is 0 Å². The highest BCUT2D eigenvalue weighted by atomic mass is 17.2. The standard InChI is InChI=1S/C22H34O3/c1-5-6-7-8-17-9-11-18(12-10-17)21(23)25-24-20-15-13-19(14-16-20)22(2,3)4/h9-12,19-20H,5-8,13-16H2,1-4H3. The van der Waals surface area contributed by atoms with Crippen LogP contribution in [0.1, 0.15) is 88.6 Å². The van der Waals surface area contributed by atoms with Gasteiger partial charge in [-0.2, -0.15) is 4.89 Å². The molecule has 0 aromatic heterocycles. The summed E-state index contributed by atoms with van der Waals surface area (Å²) in [7, 11) is 0. The molecule has 1 saturated carbocycles. The van der Waals surface area contributed by atoms with Gasteiger partial charge in [0.05, 0.1) is 5.56 Å². The summed E-state index contributed by atoms with van der Waals surface area (Å²) in [4.78, 5) is 22.6. The summed E-state index contributed by atoms with van der Waals surface area (Å²) in [5, 5.41) is 0. The van der Waals surface area contributed by atoms with Crippen molar-refractivity contribution in [3.05, 3.63) is 35.4 Å². The van der Waals surface area contributed by atoms with Crippen LogP contribution in [0.5, 0.6) is 0 Å². The van der Waals surface area contributed by atoms with Crippen molar-refractivity contribution in [2.24, 2.45) is 11.3 Å². The van der Waals surface area contributed by atoms with E-state index in [0.717, 1.165) is 38.0 Å². The Morgan fingerprint density at radius 1 is 1.04 bits per heavy atom. The van der Waals surface area contributed by atoms with Gasteiger partial charge in [0.2, 0.25) is 0 Å². The van der Waals surface area contributed by atoms with E-state index in [-0.39, 0.29) is 6.10 Å². The van der Waals surface area contributed by atoms with E-state index in [9.17, 15) is 4.79 Å². The minimum Gasteiger partial charge on any atom is -0.293 e. The molecule has 3 nitrogen and oxygen atoms in total. The maximum absolute atomic E-state index is 12.1. The normalized spacial score (nSPS) is 21.1. The molecule has 0 aliphatic heterocycles. The molecule has 1 aromatic rings. The van der Waals surface area contributed by atoms with E-state index < -0.39 is 5.97 Å². The maximum atomic E-state index is 12.1. The lowest BCUT2D eigenvalue weighted by Gasteiger charge is -2.36. The van der Waals surface area contributed by atoms with Crippen LogP contribution in [-0.2, 0) is 16.2 Å². The third kappa shape index (κ3) is 6.47. The summed E-state index contributed by atoms with van der Waals surface area (Å²) in [6, 6.07) is 7.70. The van der Waals surface area contributed by atoms with Crippen LogP contribution in [0, 0.1) is 11.3 Å². The fraction of sp³-hybridized carbons (Fsp3) is 0.682. The minimum atomic E-state index is -0.391. The largest absolute Gasteiger partial charge is 0.373 e. The van der Waals surface area contributed by atoms with Crippen molar-refractivity contribution >= 4 is 5.97 Å². The Labute approximate surface area is 153 Å². The molecule has 2 rings (SSSR count). The third-order valence-corrected chi connectivity index (χ3v) is 5.42. The molecule has 140 valence electrons. The second-order valence-corrected chi connectivity index (χ2v) is 8.46. The van der Waals surface area contributed by atoms with Gasteiger partial charge in [0, 0.05) is 0 Å². The molecule has 0 heterocycles. The second-order valence-electron chi connectivity index (χ2n) is 8.46. The molecule has 0 N–H and O–H groups in total. The van der Waals surface area contributed by atoms with E-state index in [2.05, 4.69) is 27.7 Å². The minimum absolute atomic E-state index is 0.0378. The van der Waals surface area contributed by atoms with Crippen LogP contribution in [-0.4, -0.2) is 12.1 Å². The van der Waals surface area contributed by atoms with Crippen LogP contribution in [0.15, 0.2) is 24.3 Å². The van der Waals surface area contributed by atoms with Crippen LogP contribution in [0.2, 0.25) is 0 Å². The molecule has 0 unspecified atom stereocenters. The molecule has 1 aliphatic rings. The molecule has 0 saturated heterocycles. The lowest BCUT2D eigenvalue weighted by atomic mass is 9.72. The van der Waals surface area contributed by atoms with Crippen LogP contribution >= 0.6 is 0 Å². The molecule has 0 bridgehead atoms. The van der Waals surface area contributed by atoms with Crippen molar-refractivity contribution in [1.29, 1.82) is 0 Å². The molecule has 1 aromatic carbocycles. The van der Waals surface area contributed by atoms with E-state index in [1.807, 2.05) is 24.3 Å². The molecule has 25 heavy (non-hydrogen) atoms. The highest BCUT2D eigenvalue weighted by Crippen LogP contribution is 2.38. The van der Waals surface area contributed by atoms with Gasteiger partial charge in [-0.1, -0.05) is 52.7 Å². The smallest absolute Gasteiger partial charge is 0.293 e. The number of unbranched alkanes of at least 4 members (excludes halogenated alkanes) is 2. The van der Waals surface area contributed by atoms with Gasteiger partial charge in [0.1, 0.15) is 6.10 Å². The predicted molar refractivity (Wildman–Crippen MR) is 101 cm³/mol. The number of hydrogen-bond donors (Lipinski definition) is 0. The Balaban J connectivity index is 1.73. The summed E-state index contributed by atoms with van der Waals surface area (Å²) in [5.41, 5.74) is 2.18. The van der Waals surface area contributed by atoms with Crippen molar-refractivity contribution < 1.29 is 14.6 Å². The molecule has 1 aliphatic carbocycles. The van der Waals surface area contributed by atoms with Crippen LogP contribution < -0.4 is 0 Å². The van der Waals surface area contributed by atoms with Gasteiger partial charge >= 0.3 is 5.97 Å². The quantitative estimate of drug-likeness (QED) is 0.339. The van der Waals surface area contributed by atoms with Crippen LogP contribution in [0.3, 0.4) is 0 Å². The Kier molecular flexibility index (Phi) is 7.49. The zero-order valence-electron chi connectivity index (χ0n) is 16.3. The molecule has 0 atom stereocenters. The van der Waals surface area contributed by atoms with Gasteiger partial charge in [0.25, 0.3) is 0 Å². The van der Waals surface area contributed by atoms with Crippen molar-refractivity contribution in [3.63, 3.8) is 0 Å². The highest BCUT2D eigenvalue weighted by molar-refractivity contribution is 5.88.